The van der Waals surface area contributed by atoms with Gasteiger partial charge in [0.15, 0.2) is 6.10 Å². The van der Waals surface area contributed by atoms with Crippen molar-refractivity contribution in [1.29, 1.82) is 0 Å². The van der Waals surface area contributed by atoms with Crippen LogP contribution in [0.4, 0.5) is 0 Å². The van der Waals surface area contributed by atoms with E-state index in [1.165, 1.54) is 6.92 Å². The van der Waals surface area contributed by atoms with E-state index in [4.69, 9.17) is 9.47 Å². The van der Waals surface area contributed by atoms with Crippen LogP contribution in [-0.4, -0.2) is 58.8 Å². The number of carbonyl (C=O) groups is 4. The summed E-state index contributed by atoms with van der Waals surface area (Å²) >= 11 is 0. The third-order valence-electron chi connectivity index (χ3n) is 4.46. The Morgan fingerprint density at radius 1 is 0.781 bits per heavy atom. The van der Waals surface area contributed by atoms with Gasteiger partial charge in [0.25, 0.3) is 5.91 Å². The van der Waals surface area contributed by atoms with E-state index in [-0.39, 0.29) is 24.2 Å². The van der Waals surface area contributed by atoms with Crippen molar-refractivity contribution < 1.29 is 33.8 Å². The lowest BCUT2D eigenvalue weighted by atomic mass is 10.0. The number of hydrogen-bond acceptors (Lipinski definition) is 7. The minimum absolute atomic E-state index is 0.0159. The minimum atomic E-state index is -1.29. The van der Waals surface area contributed by atoms with Crippen molar-refractivity contribution in [1.82, 2.24) is 10.6 Å². The second kappa shape index (κ2) is 12.8. The molecule has 2 amide bonds. The maximum atomic E-state index is 13.0. The highest BCUT2D eigenvalue weighted by molar-refractivity contribution is 5.91. The van der Waals surface area contributed by atoms with E-state index in [1.54, 1.807) is 48.5 Å². The van der Waals surface area contributed by atoms with Gasteiger partial charge >= 0.3 is 11.9 Å². The fraction of sp³-hybridized carbons (Fsp3) is 0.826. The van der Waals surface area contributed by atoms with E-state index in [1.807, 2.05) is 13.8 Å². The quantitative estimate of drug-likeness (QED) is 0.403. The highest BCUT2D eigenvalue weighted by Crippen LogP contribution is 2.16. The molecule has 32 heavy (non-hydrogen) atoms. The van der Waals surface area contributed by atoms with Crippen LogP contribution in [0.25, 0.3) is 0 Å². The SMILES string of the molecule is CC(C)CC(OC(=O)C(NC(=O)C(C)O)C(C)C)C(=O)NC(C(=O)OC(C)(C)C)C(C)C. The van der Waals surface area contributed by atoms with Gasteiger partial charge in [-0.3, -0.25) is 9.59 Å². The van der Waals surface area contributed by atoms with Crippen molar-refractivity contribution in [2.45, 2.75) is 106 Å². The number of hydrogen-bond donors (Lipinski definition) is 3. The smallest absolute Gasteiger partial charge is 0.329 e. The van der Waals surface area contributed by atoms with Gasteiger partial charge in [-0.25, -0.2) is 9.59 Å². The number of rotatable bonds is 11. The summed E-state index contributed by atoms with van der Waals surface area (Å²) in [6.45, 7) is 17.2. The molecule has 9 heteroatoms. The van der Waals surface area contributed by atoms with E-state index in [0.29, 0.717) is 0 Å². The molecule has 9 nitrogen and oxygen atoms in total. The molecule has 0 bridgehead atoms. The average molecular weight is 459 g/mol. The molecule has 3 N–H and O–H groups in total. The monoisotopic (exact) mass is 458 g/mol. The summed E-state index contributed by atoms with van der Waals surface area (Å²) in [5, 5.41) is 14.5. The summed E-state index contributed by atoms with van der Waals surface area (Å²) in [4.78, 5) is 50.2. The molecule has 0 aliphatic carbocycles. The zero-order valence-electron chi connectivity index (χ0n) is 21.1. The molecule has 0 aromatic rings. The van der Waals surface area contributed by atoms with Crippen molar-refractivity contribution >= 4 is 23.8 Å². The number of aliphatic hydroxyl groups excluding tert-OH is 1. The van der Waals surface area contributed by atoms with Crippen LogP contribution in [-0.2, 0) is 28.7 Å². The van der Waals surface area contributed by atoms with Crippen LogP contribution in [0.2, 0.25) is 0 Å². The molecule has 0 rings (SSSR count). The summed E-state index contributed by atoms with van der Waals surface area (Å²) < 4.78 is 10.9. The molecule has 0 aliphatic rings. The molecule has 0 saturated carbocycles. The minimum Gasteiger partial charge on any atom is -0.458 e. The van der Waals surface area contributed by atoms with Crippen molar-refractivity contribution in [3.63, 3.8) is 0 Å². The van der Waals surface area contributed by atoms with Gasteiger partial charge in [-0.1, -0.05) is 41.5 Å². The Kier molecular flexibility index (Phi) is 11.9. The largest absolute Gasteiger partial charge is 0.458 e. The Labute approximate surface area is 192 Å². The lowest BCUT2D eigenvalue weighted by molar-refractivity contribution is -0.164. The van der Waals surface area contributed by atoms with Gasteiger partial charge in [-0.05, 0) is 51.9 Å². The first kappa shape index (κ1) is 29.8. The van der Waals surface area contributed by atoms with Crippen LogP contribution in [0.1, 0.15) is 75.7 Å². The molecule has 0 heterocycles. The molecule has 0 spiro atoms. The van der Waals surface area contributed by atoms with Crippen molar-refractivity contribution in [2.75, 3.05) is 0 Å². The molecule has 0 fully saturated rings. The maximum absolute atomic E-state index is 13.0. The number of nitrogens with one attached hydrogen (secondary N) is 2. The van der Waals surface area contributed by atoms with Gasteiger partial charge in [-0.15, -0.1) is 0 Å². The van der Waals surface area contributed by atoms with E-state index >= 15 is 0 Å². The third kappa shape index (κ3) is 10.9. The fourth-order valence-electron chi connectivity index (χ4n) is 2.73. The lowest BCUT2D eigenvalue weighted by Crippen LogP contribution is -2.53. The zero-order valence-corrected chi connectivity index (χ0v) is 21.1. The van der Waals surface area contributed by atoms with Gasteiger partial charge in [0.2, 0.25) is 5.91 Å². The number of ether oxygens (including phenoxy) is 2. The summed E-state index contributed by atoms with van der Waals surface area (Å²) in [6.07, 6.45) is -2.22. The molecule has 4 unspecified atom stereocenters. The molecular weight excluding hydrogens is 416 g/mol. The fourth-order valence-corrected chi connectivity index (χ4v) is 2.73. The summed E-state index contributed by atoms with van der Waals surface area (Å²) in [7, 11) is 0. The molecule has 0 aromatic carbocycles. The molecule has 0 aliphatic heterocycles. The number of aliphatic hydroxyl groups is 1. The van der Waals surface area contributed by atoms with Gasteiger partial charge in [0, 0.05) is 0 Å². The van der Waals surface area contributed by atoms with Gasteiger partial charge in [-0.2, -0.15) is 0 Å². The van der Waals surface area contributed by atoms with E-state index in [0.717, 1.165) is 0 Å². The second-order valence-corrected chi connectivity index (χ2v) is 10.2. The van der Waals surface area contributed by atoms with Crippen LogP contribution in [0.5, 0.6) is 0 Å². The first-order valence-electron chi connectivity index (χ1n) is 11.2. The number of carbonyl (C=O) groups excluding carboxylic acids is 4. The predicted molar refractivity (Wildman–Crippen MR) is 120 cm³/mol. The van der Waals surface area contributed by atoms with E-state index < -0.39 is 53.6 Å². The topological polar surface area (TPSA) is 131 Å². The average Bonchev–Trinajstić information content (AvgIpc) is 2.60. The predicted octanol–water partition coefficient (Wildman–Crippen LogP) is 1.95. The van der Waals surface area contributed by atoms with Crippen LogP contribution >= 0.6 is 0 Å². The second-order valence-electron chi connectivity index (χ2n) is 10.2. The Hall–Kier alpha value is -2.16. The van der Waals surface area contributed by atoms with Crippen molar-refractivity contribution in [3.8, 4) is 0 Å². The number of amides is 2. The highest BCUT2D eigenvalue weighted by atomic mass is 16.6. The Morgan fingerprint density at radius 2 is 1.22 bits per heavy atom. The third-order valence-corrected chi connectivity index (χ3v) is 4.46. The van der Waals surface area contributed by atoms with Crippen LogP contribution in [0.15, 0.2) is 0 Å². The van der Waals surface area contributed by atoms with Crippen LogP contribution in [0, 0.1) is 17.8 Å². The standard InChI is InChI=1S/C23H42N2O7/c1-12(2)11-16(31-21(29)17(13(3)4)24-19(27)15(7)26)20(28)25-18(14(5)6)22(30)32-23(8,9)10/h12-18,26H,11H2,1-10H3,(H,24,27)(H,25,28). The van der Waals surface area contributed by atoms with Gasteiger partial charge in [0.1, 0.15) is 23.8 Å². The van der Waals surface area contributed by atoms with Crippen molar-refractivity contribution in [3.05, 3.63) is 0 Å². The Morgan fingerprint density at radius 3 is 1.59 bits per heavy atom. The highest BCUT2D eigenvalue weighted by Gasteiger charge is 2.35. The molecule has 186 valence electrons. The van der Waals surface area contributed by atoms with E-state index in [2.05, 4.69) is 10.6 Å². The summed E-state index contributed by atoms with van der Waals surface area (Å²) in [6, 6.07) is -1.95. The van der Waals surface area contributed by atoms with Crippen LogP contribution in [0.3, 0.4) is 0 Å². The first-order valence-corrected chi connectivity index (χ1v) is 11.2. The molecule has 4 atom stereocenters. The first-order chi connectivity index (χ1) is 14.5. The Bertz CT molecular complexity index is 651. The summed E-state index contributed by atoms with van der Waals surface area (Å²) in [5.41, 5.74) is -0.717. The van der Waals surface area contributed by atoms with E-state index in [9.17, 15) is 24.3 Å². The maximum Gasteiger partial charge on any atom is 0.329 e. The normalized spacial score (nSPS) is 15.7. The van der Waals surface area contributed by atoms with Gasteiger partial charge in [0.05, 0.1) is 0 Å². The zero-order chi connectivity index (χ0) is 25.4. The van der Waals surface area contributed by atoms with Crippen LogP contribution < -0.4 is 10.6 Å². The van der Waals surface area contributed by atoms with Gasteiger partial charge < -0.3 is 25.2 Å². The lowest BCUT2D eigenvalue weighted by Gasteiger charge is -2.29. The summed E-state index contributed by atoms with van der Waals surface area (Å²) in [5.74, 6) is -3.25. The number of esters is 2. The molecule has 0 aromatic heterocycles. The molecule has 0 radical (unpaired) electrons. The molecular formula is C23H42N2O7. The van der Waals surface area contributed by atoms with Crippen molar-refractivity contribution in [2.24, 2.45) is 17.8 Å². The Balaban J connectivity index is 5.56. The molecule has 0 saturated heterocycles.